The summed E-state index contributed by atoms with van der Waals surface area (Å²) >= 11 is 0. The van der Waals surface area contributed by atoms with Crippen molar-refractivity contribution in [2.24, 2.45) is 5.92 Å². The van der Waals surface area contributed by atoms with Gasteiger partial charge in [-0.05, 0) is 38.7 Å². The number of hydrogen-bond acceptors (Lipinski definition) is 3. The van der Waals surface area contributed by atoms with E-state index in [1.807, 2.05) is 13.8 Å². The molecule has 1 saturated carbocycles. The molecule has 0 atom stereocenters. The normalized spacial score (nSPS) is 14.5. The lowest BCUT2D eigenvalue weighted by Crippen LogP contribution is -2.45. The van der Waals surface area contributed by atoms with Crippen molar-refractivity contribution in [2.75, 3.05) is 6.61 Å². The minimum atomic E-state index is -0.233. The predicted octanol–water partition coefficient (Wildman–Crippen LogP) is 1.34. The Labute approximate surface area is 113 Å². The Morgan fingerprint density at radius 2 is 2.32 bits per heavy atom. The molecule has 0 radical (unpaired) electrons. The Kier molecular flexibility index (Phi) is 3.87. The second kappa shape index (κ2) is 5.41. The minimum Gasteiger partial charge on any atom is -0.384 e. The molecular weight excluding hydrogens is 240 g/mol. The van der Waals surface area contributed by atoms with Gasteiger partial charge in [-0.25, -0.2) is 0 Å². The van der Waals surface area contributed by atoms with Gasteiger partial charge in [0.25, 0.3) is 5.91 Å². The molecule has 0 bridgehead atoms. The van der Waals surface area contributed by atoms with E-state index in [4.69, 9.17) is 5.11 Å². The molecule has 1 fully saturated rings. The van der Waals surface area contributed by atoms with Crippen molar-refractivity contribution < 1.29 is 9.90 Å². The summed E-state index contributed by atoms with van der Waals surface area (Å²) in [6, 6.07) is 1.65. The van der Waals surface area contributed by atoms with Gasteiger partial charge in [-0.3, -0.25) is 9.78 Å². The Balaban J connectivity index is 2.19. The Hall–Kier alpha value is -1.86. The molecule has 1 aliphatic carbocycles. The van der Waals surface area contributed by atoms with Crippen LogP contribution in [-0.2, 0) is 0 Å². The molecule has 1 aromatic rings. The average Bonchev–Trinajstić information content (AvgIpc) is 3.20. The van der Waals surface area contributed by atoms with Gasteiger partial charge in [0, 0.05) is 17.9 Å². The lowest BCUT2D eigenvalue weighted by molar-refractivity contribution is 0.0903. The van der Waals surface area contributed by atoms with Crippen LogP contribution in [-0.4, -0.2) is 28.1 Å². The molecule has 1 aromatic heterocycles. The van der Waals surface area contributed by atoms with Crippen LogP contribution in [0.1, 0.15) is 42.6 Å². The van der Waals surface area contributed by atoms with Crippen molar-refractivity contribution in [2.45, 2.75) is 32.2 Å². The molecule has 0 unspecified atom stereocenters. The number of carbonyl (C=O) groups is 1. The molecule has 4 heteroatoms. The predicted molar refractivity (Wildman–Crippen MR) is 72.5 cm³/mol. The number of nitrogens with one attached hydrogen (secondary N) is 1. The van der Waals surface area contributed by atoms with Crippen LogP contribution in [0.15, 0.2) is 18.5 Å². The van der Waals surface area contributed by atoms with E-state index in [1.165, 1.54) is 12.8 Å². The van der Waals surface area contributed by atoms with Crippen molar-refractivity contribution in [3.05, 3.63) is 29.6 Å². The summed E-state index contributed by atoms with van der Waals surface area (Å²) in [5.41, 5.74) is 0.854. The fourth-order valence-corrected chi connectivity index (χ4v) is 2.09. The average molecular weight is 258 g/mol. The standard InChI is InChI=1S/C15H18N2O2/c1-15(2,12-5-6-12)17-14(19)13-7-8-16-10-11(13)4-3-9-18/h7-8,10,12,18H,5-6,9H2,1-2H3,(H,17,19). The van der Waals surface area contributed by atoms with Gasteiger partial charge in [0.15, 0.2) is 0 Å². The number of aromatic nitrogens is 1. The second-order valence-electron chi connectivity index (χ2n) is 5.33. The van der Waals surface area contributed by atoms with Gasteiger partial charge >= 0.3 is 0 Å². The minimum absolute atomic E-state index is 0.137. The zero-order valence-electron chi connectivity index (χ0n) is 11.2. The Bertz CT molecular complexity index is 537. The maximum absolute atomic E-state index is 12.3. The molecule has 19 heavy (non-hydrogen) atoms. The summed E-state index contributed by atoms with van der Waals surface area (Å²) in [6.45, 7) is 3.86. The second-order valence-corrected chi connectivity index (χ2v) is 5.33. The van der Waals surface area contributed by atoms with Crippen LogP contribution in [0.25, 0.3) is 0 Å². The van der Waals surface area contributed by atoms with Crippen molar-refractivity contribution in [3.8, 4) is 11.8 Å². The highest BCUT2D eigenvalue weighted by Crippen LogP contribution is 2.39. The van der Waals surface area contributed by atoms with Crippen molar-refractivity contribution >= 4 is 5.91 Å². The van der Waals surface area contributed by atoms with E-state index in [9.17, 15) is 4.79 Å². The molecular formula is C15H18N2O2. The van der Waals surface area contributed by atoms with Crippen LogP contribution in [0.5, 0.6) is 0 Å². The van der Waals surface area contributed by atoms with Gasteiger partial charge in [0.1, 0.15) is 6.61 Å². The van der Waals surface area contributed by atoms with E-state index >= 15 is 0 Å². The zero-order valence-corrected chi connectivity index (χ0v) is 11.2. The van der Waals surface area contributed by atoms with Crippen LogP contribution < -0.4 is 5.32 Å². The summed E-state index contributed by atoms with van der Waals surface area (Å²) < 4.78 is 0. The molecule has 0 spiro atoms. The van der Waals surface area contributed by atoms with Crippen molar-refractivity contribution in [3.63, 3.8) is 0 Å². The van der Waals surface area contributed by atoms with Crippen LogP contribution in [0.3, 0.4) is 0 Å². The number of carbonyl (C=O) groups excluding carboxylic acids is 1. The number of aliphatic hydroxyl groups excluding tert-OH is 1. The van der Waals surface area contributed by atoms with Crippen molar-refractivity contribution in [1.29, 1.82) is 0 Å². The SMILES string of the molecule is CC(C)(NC(=O)c1ccncc1C#CCO)C1CC1. The molecule has 0 aliphatic heterocycles. The fraction of sp³-hybridized carbons (Fsp3) is 0.467. The quantitative estimate of drug-likeness (QED) is 0.804. The van der Waals surface area contributed by atoms with E-state index in [1.54, 1.807) is 18.5 Å². The zero-order chi connectivity index (χ0) is 13.9. The lowest BCUT2D eigenvalue weighted by atomic mass is 9.97. The molecule has 100 valence electrons. The first kappa shape index (κ1) is 13.6. The first-order valence-electron chi connectivity index (χ1n) is 6.41. The first-order valence-corrected chi connectivity index (χ1v) is 6.41. The molecule has 1 heterocycles. The highest BCUT2D eigenvalue weighted by molar-refractivity contribution is 5.97. The number of pyridine rings is 1. The molecule has 1 amide bonds. The van der Waals surface area contributed by atoms with Gasteiger partial charge in [-0.2, -0.15) is 0 Å². The third kappa shape index (κ3) is 3.33. The van der Waals surface area contributed by atoms with E-state index in [-0.39, 0.29) is 18.1 Å². The third-order valence-corrected chi connectivity index (χ3v) is 3.40. The Morgan fingerprint density at radius 1 is 1.58 bits per heavy atom. The summed E-state index contributed by atoms with van der Waals surface area (Å²) in [4.78, 5) is 16.3. The molecule has 2 N–H and O–H groups in total. The third-order valence-electron chi connectivity index (χ3n) is 3.40. The number of rotatable bonds is 3. The van der Waals surface area contributed by atoms with Crippen LogP contribution in [0.2, 0.25) is 0 Å². The monoisotopic (exact) mass is 258 g/mol. The highest BCUT2D eigenvalue weighted by Gasteiger charge is 2.39. The van der Waals surface area contributed by atoms with Crippen molar-refractivity contribution in [1.82, 2.24) is 10.3 Å². The summed E-state index contributed by atoms with van der Waals surface area (Å²) in [5.74, 6) is 5.72. The topological polar surface area (TPSA) is 62.2 Å². The van der Waals surface area contributed by atoms with E-state index in [2.05, 4.69) is 22.1 Å². The number of hydrogen-bond donors (Lipinski definition) is 2. The van der Waals surface area contributed by atoms with E-state index < -0.39 is 0 Å². The lowest BCUT2D eigenvalue weighted by Gasteiger charge is -2.26. The highest BCUT2D eigenvalue weighted by atomic mass is 16.2. The summed E-state index contributed by atoms with van der Waals surface area (Å²) in [7, 11) is 0. The molecule has 4 nitrogen and oxygen atoms in total. The smallest absolute Gasteiger partial charge is 0.253 e. The molecule has 0 saturated heterocycles. The van der Waals surface area contributed by atoms with Gasteiger partial charge in [-0.1, -0.05) is 11.8 Å². The van der Waals surface area contributed by atoms with Gasteiger partial charge < -0.3 is 10.4 Å². The fourth-order valence-electron chi connectivity index (χ4n) is 2.09. The van der Waals surface area contributed by atoms with Crippen LogP contribution in [0.4, 0.5) is 0 Å². The van der Waals surface area contributed by atoms with Gasteiger partial charge in [-0.15, -0.1) is 0 Å². The number of aliphatic hydroxyl groups is 1. The van der Waals surface area contributed by atoms with Gasteiger partial charge in [0.05, 0.1) is 11.1 Å². The maximum atomic E-state index is 12.3. The summed E-state index contributed by atoms with van der Waals surface area (Å²) in [5, 5.41) is 11.8. The van der Waals surface area contributed by atoms with Crippen LogP contribution >= 0.6 is 0 Å². The Morgan fingerprint density at radius 3 is 2.95 bits per heavy atom. The van der Waals surface area contributed by atoms with E-state index in [0.29, 0.717) is 17.0 Å². The number of nitrogens with zero attached hydrogens (tertiary/aromatic N) is 1. The maximum Gasteiger partial charge on any atom is 0.253 e. The largest absolute Gasteiger partial charge is 0.384 e. The van der Waals surface area contributed by atoms with E-state index in [0.717, 1.165) is 0 Å². The first-order chi connectivity index (χ1) is 9.04. The molecule has 0 aromatic carbocycles. The van der Waals surface area contributed by atoms with Crippen LogP contribution in [0, 0.1) is 17.8 Å². The van der Waals surface area contributed by atoms with Gasteiger partial charge in [0.2, 0.25) is 0 Å². The number of amides is 1. The molecule has 1 aliphatic rings. The summed E-state index contributed by atoms with van der Waals surface area (Å²) in [6.07, 6.45) is 5.45. The molecule has 2 rings (SSSR count).